The van der Waals surface area contributed by atoms with E-state index in [0.717, 1.165) is 16.7 Å². The standard InChI is InChI=1S/C20H26O4/c1-11(2)15-10-13-7-6-12(3)14(17(13)19(23)18(15)22)8-9-16(21)20(4,5)24/h6-7,10-11,16,21,24H,8-9H2,1-5H3/t16-/m0/s1. The van der Waals surface area contributed by atoms with Gasteiger partial charge in [0, 0.05) is 11.1 Å². The minimum absolute atomic E-state index is 0.00337. The highest BCUT2D eigenvalue weighted by Crippen LogP contribution is 2.31. The summed E-state index contributed by atoms with van der Waals surface area (Å²) in [7, 11) is 0. The normalized spacial score (nSPS) is 16.2. The zero-order valence-corrected chi connectivity index (χ0v) is 15.0. The van der Waals surface area contributed by atoms with Gasteiger partial charge in [-0.2, -0.15) is 0 Å². The molecule has 0 fully saturated rings. The van der Waals surface area contributed by atoms with Crippen molar-refractivity contribution in [3.05, 3.63) is 40.0 Å². The van der Waals surface area contributed by atoms with Crippen molar-refractivity contribution in [1.29, 1.82) is 0 Å². The molecule has 2 N–H and O–H groups in total. The Morgan fingerprint density at radius 1 is 1.12 bits per heavy atom. The molecule has 4 nitrogen and oxygen atoms in total. The van der Waals surface area contributed by atoms with Crippen LogP contribution in [0.5, 0.6) is 0 Å². The van der Waals surface area contributed by atoms with Crippen LogP contribution in [0.25, 0.3) is 6.08 Å². The van der Waals surface area contributed by atoms with E-state index in [0.29, 0.717) is 24.0 Å². The smallest absolute Gasteiger partial charge is 0.234 e. The SMILES string of the molecule is Cc1ccc2c(c1CC[C@H](O)C(C)(C)O)C(=O)C(=O)C(C(C)C)=C2. The molecule has 1 aliphatic carbocycles. The van der Waals surface area contributed by atoms with Crippen LogP contribution >= 0.6 is 0 Å². The summed E-state index contributed by atoms with van der Waals surface area (Å²) in [6.45, 7) is 8.80. The molecule has 0 bridgehead atoms. The maximum atomic E-state index is 12.6. The lowest BCUT2D eigenvalue weighted by molar-refractivity contribution is -0.112. The molecule has 0 aliphatic heterocycles. The molecule has 0 spiro atoms. The topological polar surface area (TPSA) is 74.6 Å². The van der Waals surface area contributed by atoms with Gasteiger partial charge in [-0.3, -0.25) is 9.59 Å². The number of aliphatic hydroxyl groups excluding tert-OH is 1. The number of aliphatic hydroxyl groups is 2. The van der Waals surface area contributed by atoms with Gasteiger partial charge in [-0.15, -0.1) is 0 Å². The molecular weight excluding hydrogens is 304 g/mol. The highest BCUT2D eigenvalue weighted by molar-refractivity contribution is 6.52. The molecule has 1 atom stereocenters. The number of rotatable bonds is 5. The molecule has 0 radical (unpaired) electrons. The second-order valence-electron chi connectivity index (χ2n) is 7.45. The third-order valence-corrected chi connectivity index (χ3v) is 4.69. The first-order valence-corrected chi connectivity index (χ1v) is 8.37. The van der Waals surface area contributed by atoms with Crippen LogP contribution in [-0.2, 0) is 11.2 Å². The lowest BCUT2D eigenvalue weighted by Gasteiger charge is -2.26. The number of Topliss-reactive ketones (excluding diaryl/α,β-unsaturated/α-hetero) is 2. The number of fused-ring (bicyclic) bond motifs is 1. The van der Waals surface area contributed by atoms with Gasteiger partial charge in [-0.05, 0) is 62.3 Å². The van der Waals surface area contributed by atoms with Gasteiger partial charge in [0.25, 0.3) is 0 Å². The highest BCUT2D eigenvalue weighted by atomic mass is 16.3. The van der Waals surface area contributed by atoms with Crippen molar-refractivity contribution in [2.75, 3.05) is 0 Å². The number of hydrogen-bond acceptors (Lipinski definition) is 4. The average molecular weight is 330 g/mol. The maximum absolute atomic E-state index is 12.6. The Balaban J connectivity index is 2.44. The Hall–Kier alpha value is -1.78. The van der Waals surface area contributed by atoms with Gasteiger partial charge in [0.1, 0.15) is 0 Å². The summed E-state index contributed by atoms with van der Waals surface area (Å²) in [5.74, 6) is -0.906. The average Bonchev–Trinajstić information content (AvgIpc) is 2.48. The summed E-state index contributed by atoms with van der Waals surface area (Å²) in [6.07, 6.45) is 1.66. The first kappa shape index (κ1) is 18.6. The Kier molecular flexibility index (Phi) is 5.11. The number of carbonyl (C=O) groups excluding carboxylic acids is 2. The van der Waals surface area contributed by atoms with Gasteiger partial charge in [-0.25, -0.2) is 0 Å². The number of ketones is 2. The van der Waals surface area contributed by atoms with Crippen LogP contribution in [-0.4, -0.2) is 33.5 Å². The molecule has 0 heterocycles. The van der Waals surface area contributed by atoms with Crippen LogP contribution in [0.15, 0.2) is 17.7 Å². The molecule has 24 heavy (non-hydrogen) atoms. The zero-order valence-electron chi connectivity index (χ0n) is 15.0. The van der Waals surface area contributed by atoms with Crippen molar-refractivity contribution in [2.24, 2.45) is 5.92 Å². The Bertz CT molecular complexity index is 705. The number of hydrogen-bond donors (Lipinski definition) is 2. The number of aryl methyl sites for hydroxylation is 1. The molecule has 1 aromatic rings. The summed E-state index contributed by atoms with van der Waals surface area (Å²) in [5.41, 5.74) is 2.26. The second kappa shape index (κ2) is 6.61. The third-order valence-electron chi connectivity index (χ3n) is 4.69. The fourth-order valence-electron chi connectivity index (χ4n) is 3.02. The van der Waals surface area contributed by atoms with Gasteiger partial charge >= 0.3 is 0 Å². The summed E-state index contributed by atoms with van der Waals surface area (Å²) in [6, 6.07) is 3.80. The molecule has 1 aliphatic rings. The van der Waals surface area contributed by atoms with E-state index in [9.17, 15) is 19.8 Å². The van der Waals surface area contributed by atoms with E-state index in [4.69, 9.17) is 0 Å². The molecule has 2 rings (SSSR count). The monoisotopic (exact) mass is 330 g/mol. The quantitative estimate of drug-likeness (QED) is 0.814. The third kappa shape index (κ3) is 3.50. The second-order valence-corrected chi connectivity index (χ2v) is 7.45. The fourth-order valence-corrected chi connectivity index (χ4v) is 3.02. The van der Waals surface area contributed by atoms with E-state index in [1.165, 1.54) is 0 Å². The lowest BCUT2D eigenvalue weighted by Crippen LogP contribution is -2.36. The molecular formula is C20H26O4. The van der Waals surface area contributed by atoms with Crippen LogP contribution in [0.4, 0.5) is 0 Å². The van der Waals surface area contributed by atoms with Crippen molar-refractivity contribution >= 4 is 17.6 Å². The summed E-state index contributed by atoms with van der Waals surface area (Å²) >= 11 is 0. The van der Waals surface area contributed by atoms with Gasteiger partial charge < -0.3 is 10.2 Å². The molecule has 0 saturated carbocycles. The van der Waals surface area contributed by atoms with Gasteiger partial charge in [-0.1, -0.05) is 26.0 Å². The van der Waals surface area contributed by atoms with E-state index in [1.54, 1.807) is 19.9 Å². The van der Waals surface area contributed by atoms with Crippen molar-refractivity contribution < 1.29 is 19.8 Å². The minimum Gasteiger partial charge on any atom is -0.390 e. The fraction of sp³-hybridized carbons (Fsp3) is 0.500. The molecule has 4 heteroatoms. The van der Waals surface area contributed by atoms with Crippen LogP contribution < -0.4 is 0 Å². The van der Waals surface area contributed by atoms with Crippen LogP contribution in [0.2, 0.25) is 0 Å². The van der Waals surface area contributed by atoms with E-state index in [-0.39, 0.29) is 5.92 Å². The first-order valence-electron chi connectivity index (χ1n) is 8.37. The van der Waals surface area contributed by atoms with Crippen molar-refractivity contribution in [1.82, 2.24) is 0 Å². The van der Waals surface area contributed by atoms with Gasteiger partial charge in [0.15, 0.2) is 0 Å². The van der Waals surface area contributed by atoms with E-state index in [2.05, 4.69) is 0 Å². The van der Waals surface area contributed by atoms with Crippen LogP contribution in [0.1, 0.15) is 61.2 Å². The van der Waals surface area contributed by atoms with Crippen molar-refractivity contribution in [2.45, 2.75) is 59.2 Å². The van der Waals surface area contributed by atoms with E-state index < -0.39 is 23.3 Å². The predicted molar refractivity (Wildman–Crippen MR) is 94.0 cm³/mol. The molecule has 0 aromatic heterocycles. The number of benzene rings is 1. The zero-order chi connectivity index (χ0) is 18.2. The molecule has 0 unspecified atom stereocenters. The van der Waals surface area contributed by atoms with Gasteiger partial charge in [0.2, 0.25) is 11.6 Å². The largest absolute Gasteiger partial charge is 0.390 e. The predicted octanol–water partition coefficient (Wildman–Crippen LogP) is 2.86. The molecule has 130 valence electrons. The number of allylic oxidation sites excluding steroid dienone is 1. The molecule has 0 saturated heterocycles. The van der Waals surface area contributed by atoms with Crippen molar-refractivity contribution in [3.63, 3.8) is 0 Å². The summed E-state index contributed by atoms with van der Waals surface area (Å²) < 4.78 is 0. The number of carbonyl (C=O) groups is 2. The lowest BCUT2D eigenvalue weighted by atomic mass is 9.80. The minimum atomic E-state index is -1.20. The Labute approximate surface area is 143 Å². The Morgan fingerprint density at radius 2 is 1.75 bits per heavy atom. The summed E-state index contributed by atoms with van der Waals surface area (Å²) in [4.78, 5) is 25.0. The van der Waals surface area contributed by atoms with E-state index >= 15 is 0 Å². The van der Waals surface area contributed by atoms with E-state index in [1.807, 2.05) is 32.9 Å². The molecule has 0 amide bonds. The summed E-state index contributed by atoms with van der Waals surface area (Å²) in [5, 5.41) is 19.9. The highest BCUT2D eigenvalue weighted by Gasteiger charge is 2.32. The van der Waals surface area contributed by atoms with Crippen molar-refractivity contribution in [3.8, 4) is 0 Å². The molecule has 1 aromatic carbocycles. The van der Waals surface area contributed by atoms with Gasteiger partial charge in [0.05, 0.1) is 11.7 Å². The Morgan fingerprint density at radius 3 is 2.29 bits per heavy atom. The maximum Gasteiger partial charge on any atom is 0.234 e. The van der Waals surface area contributed by atoms with Crippen LogP contribution in [0.3, 0.4) is 0 Å². The first-order chi connectivity index (χ1) is 11.0. The van der Waals surface area contributed by atoms with Crippen LogP contribution in [0, 0.1) is 12.8 Å².